The Labute approximate surface area is 170 Å². The van der Waals surface area contributed by atoms with E-state index in [0.29, 0.717) is 34.2 Å². The van der Waals surface area contributed by atoms with Crippen molar-refractivity contribution in [2.75, 3.05) is 11.9 Å². The summed E-state index contributed by atoms with van der Waals surface area (Å²) < 4.78 is 5.28. The molecular formula is C19H15ClN6O3. The number of carbonyl (C=O) groups is 2. The van der Waals surface area contributed by atoms with Gasteiger partial charge in [0.1, 0.15) is 12.3 Å². The summed E-state index contributed by atoms with van der Waals surface area (Å²) in [7, 11) is 0. The summed E-state index contributed by atoms with van der Waals surface area (Å²) in [5, 5.41) is 12.5. The van der Waals surface area contributed by atoms with E-state index in [-0.39, 0.29) is 30.7 Å². The first-order valence-electron chi connectivity index (χ1n) is 8.76. The molecule has 10 heteroatoms. The van der Waals surface area contributed by atoms with E-state index >= 15 is 0 Å². The van der Waals surface area contributed by atoms with Gasteiger partial charge in [-0.1, -0.05) is 16.8 Å². The highest BCUT2D eigenvalue weighted by molar-refractivity contribution is 6.30. The second kappa shape index (κ2) is 8.19. The van der Waals surface area contributed by atoms with E-state index in [9.17, 15) is 9.59 Å². The molecule has 0 fully saturated rings. The number of pyridine rings is 1. The predicted octanol–water partition coefficient (Wildman–Crippen LogP) is 2.75. The van der Waals surface area contributed by atoms with Crippen molar-refractivity contribution in [2.24, 2.45) is 5.10 Å². The van der Waals surface area contributed by atoms with Crippen LogP contribution in [0.1, 0.15) is 18.7 Å². The molecule has 4 rings (SSSR count). The number of halogens is 1. The third-order valence-electron chi connectivity index (χ3n) is 4.12. The molecule has 2 aromatic heterocycles. The first kappa shape index (κ1) is 18.8. The van der Waals surface area contributed by atoms with Gasteiger partial charge in [-0.3, -0.25) is 14.6 Å². The number of hydrogen-bond donors (Lipinski definition) is 1. The maximum Gasteiger partial charge on any atom is 0.274 e. The van der Waals surface area contributed by atoms with Gasteiger partial charge in [-0.05, 0) is 36.4 Å². The van der Waals surface area contributed by atoms with Crippen LogP contribution < -0.4 is 5.32 Å². The number of carbonyl (C=O) groups excluding carboxylic acids is 2. The minimum atomic E-state index is -0.382. The van der Waals surface area contributed by atoms with Crippen LogP contribution in [-0.4, -0.2) is 44.2 Å². The average molecular weight is 411 g/mol. The van der Waals surface area contributed by atoms with E-state index in [4.69, 9.17) is 16.1 Å². The zero-order valence-electron chi connectivity index (χ0n) is 15.1. The normalized spacial score (nSPS) is 13.9. The van der Waals surface area contributed by atoms with Crippen LogP contribution in [0.3, 0.4) is 0 Å². The van der Waals surface area contributed by atoms with Crippen LogP contribution in [-0.2, 0) is 9.59 Å². The molecule has 0 saturated heterocycles. The van der Waals surface area contributed by atoms with Gasteiger partial charge in [0.25, 0.3) is 5.89 Å². The smallest absolute Gasteiger partial charge is 0.274 e. The fourth-order valence-electron chi connectivity index (χ4n) is 2.70. The molecule has 0 bridgehead atoms. The molecule has 0 atom stereocenters. The molecule has 9 nitrogen and oxygen atoms in total. The van der Waals surface area contributed by atoms with E-state index in [1.165, 1.54) is 0 Å². The Morgan fingerprint density at radius 3 is 2.79 bits per heavy atom. The van der Waals surface area contributed by atoms with Crippen molar-refractivity contribution in [3.05, 3.63) is 59.7 Å². The largest absolute Gasteiger partial charge is 0.332 e. The number of hydrazone groups is 1. The number of nitrogens with zero attached hydrogens (tertiary/aromatic N) is 5. The van der Waals surface area contributed by atoms with Crippen LogP contribution in [0.15, 0.2) is 58.4 Å². The maximum absolute atomic E-state index is 12.3. The van der Waals surface area contributed by atoms with Gasteiger partial charge in [0.2, 0.25) is 17.6 Å². The van der Waals surface area contributed by atoms with Gasteiger partial charge in [0.15, 0.2) is 0 Å². The number of aromatic nitrogens is 3. The van der Waals surface area contributed by atoms with E-state index in [1.807, 2.05) is 0 Å². The molecule has 0 saturated carbocycles. The quantitative estimate of drug-likeness (QED) is 0.691. The van der Waals surface area contributed by atoms with E-state index in [1.54, 1.807) is 48.8 Å². The summed E-state index contributed by atoms with van der Waals surface area (Å²) in [5.74, 6) is -0.0570. The zero-order chi connectivity index (χ0) is 20.2. The van der Waals surface area contributed by atoms with Crippen LogP contribution in [0.5, 0.6) is 0 Å². The fourth-order valence-corrected chi connectivity index (χ4v) is 2.83. The van der Waals surface area contributed by atoms with E-state index in [2.05, 4.69) is 25.5 Å². The SMILES string of the molecule is O=C(CN1N=C(c2nc(-c3cccnc3)no2)CCC1=O)Nc1ccc(Cl)cc1. The predicted molar refractivity (Wildman–Crippen MR) is 105 cm³/mol. The standard InChI is InChI=1S/C19H15ClN6O3/c20-13-3-5-14(6-4-13)22-16(27)11-26-17(28)8-7-15(24-26)19-23-18(25-29-19)12-2-1-9-21-10-12/h1-6,9-10H,7-8,11H2,(H,22,27). The first-order valence-corrected chi connectivity index (χ1v) is 9.14. The topological polar surface area (TPSA) is 114 Å². The van der Waals surface area contributed by atoms with Crippen LogP contribution in [0.2, 0.25) is 5.02 Å². The molecule has 1 N–H and O–H groups in total. The minimum absolute atomic E-state index is 0.192. The first-order chi connectivity index (χ1) is 14.1. The van der Waals surface area contributed by atoms with Crippen LogP contribution in [0.25, 0.3) is 11.4 Å². The van der Waals surface area contributed by atoms with Crippen molar-refractivity contribution in [1.29, 1.82) is 0 Å². The summed E-state index contributed by atoms with van der Waals surface area (Å²) in [6.45, 7) is -0.228. The molecule has 146 valence electrons. The highest BCUT2D eigenvalue weighted by atomic mass is 35.5. The summed E-state index contributed by atoms with van der Waals surface area (Å²) in [4.78, 5) is 32.8. The number of rotatable bonds is 5. The van der Waals surface area contributed by atoms with Gasteiger partial charge in [-0.15, -0.1) is 0 Å². The number of amides is 2. The molecule has 0 unspecified atom stereocenters. The molecule has 3 aromatic rings. The molecule has 0 aliphatic carbocycles. The lowest BCUT2D eigenvalue weighted by atomic mass is 10.1. The van der Waals surface area contributed by atoms with Crippen molar-refractivity contribution in [3.8, 4) is 11.4 Å². The molecule has 1 aliphatic heterocycles. The van der Waals surface area contributed by atoms with Crippen LogP contribution in [0.4, 0.5) is 5.69 Å². The van der Waals surface area contributed by atoms with Gasteiger partial charge >= 0.3 is 0 Å². The molecule has 0 spiro atoms. The van der Waals surface area contributed by atoms with Gasteiger partial charge < -0.3 is 9.84 Å². The molecule has 1 aromatic carbocycles. The van der Waals surface area contributed by atoms with Gasteiger partial charge in [0, 0.05) is 41.5 Å². The Hall–Kier alpha value is -3.59. The second-order valence-electron chi connectivity index (χ2n) is 6.22. The average Bonchev–Trinajstić information content (AvgIpc) is 3.22. The fraction of sp³-hybridized carbons (Fsp3) is 0.158. The lowest BCUT2D eigenvalue weighted by molar-refractivity contribution is -0.135. The monoisotopic (exact) mass is 410 g/mol. The minimum Gasteiger partial charge on any atom is -0.332 e. The molecule has 1 aliphatic rings. The number of benzene rings is 1. The van der Waals surface area contributed by atoms with Crippen molar-refractivity contribution in [2.45, 2.75) is 12.8 Å². The third-order valence-corrected chi connectivity index (χ3v) is 4.37. The second-order valence-corrected chi connectivity index (χ2v) is 6.65. The van der Waals surface area contributed by atoms with Crippen molar-refractivity contribution in [3.63, 3.8) is 0 Å². The highest BCUT2D eigenvalue weighted by Gasteiger charge is 2.26. The summed E-state index contributed by atoms with van der Waals surface area (Å²) in [6, 6.07) is 10.2. The summed E-state index contributed by atoms with van der Waals surface area (Å²) >= 11 is 5.83. The molecule has 3 heterocycles. The van der Waals surface area contributed by atoms with Crippen molar-refractivity contribution >= 4 is 34.8 Å². The Morgan fingerprint density at radius 2 is 2.03 bits per heavy atom. The molecule has 2 amide bonds. The van der Waals surface area contributed by atoms with Gasteiger partial charge in [0.05, 0.1) is 0 Å². The number of nitrogens with one attached hydrogen (secondary N) is 1. The van der Waals surface area contributed by atoms with Crippen molar-refractivity contribution in [1.82, 2.24) is 20.1 Å². The third kappa shape index (κ3) is 4.46. The zero-order valence-corrected chi connectivity index (χ0v) is 15.8. The van der Waals surface area contributed by atoms with E-state index in [0.717, 1.165) is 5.01 Å². The van der Waals surface area contributed by atoms with Crippen LogP contribution >= 0.6 is 11.6 Å². The van der Waals surface area contributed by atoms with Crippen LogP contribution in [0, 0.1) is 0 Å². The molecular weight excluding hydrogens is 396 g/mol. The lowest BCUT2D eigenvalue weighted by Gasteiger charge is -2.21. The highest BCUT2D eigenvalue weighted by Crippen LogP contribution is 2.19. The Balaban J connectivity index is 1.47. The molecule has 29 heavy (non-hydrogen) atoms. The number of hydrogen-bond acceptors (Lipinski definition) is 7. The van der Waals surface area contributed by atoms with Crippen molar-refractivity contribution < 1.29 is 14.1 Å². The molecule has 0 radical (unpaired) electrons. The van der Waals surface area contributed by atoms with E-state index < -0.39 is 0 Å². The summed E-state index contributed by atoms with van der Waals surface area (Å²) in [6.07, 6.45) is 3.81. The summed E-state index contributed by atoms with van der Waals surface area (Å²) in [5.41, 5.74) is 1.73. The Morgan fingerprint density at radius 1 is 1.21 bits per heavy atom. The maximum atomic E-state index is 12.3. The Kier molecular flexibility index (Phi) is 5.30. The van der Waals surface area contributed by atoms with Gasteiger partial charge in [-0.25, -0.2) is 5.01 Å². The lowest BCUT2D eigenvalue weighted by Crippen LogP contribution is -2.38. The van der Waals surface area contributed by atoms with Gasteiger partial charge in [-0.2, -0.15) is 10.1 Å². The Bertz CT molecular complexity index is 1070. The number of anilines is 1.